The number of carbonyl (C=O) groups is 1. The molecule has 178 valence electrons. The molecule has 0 aliphatic carbocycles. The molecule has 1 saturated heterocycles. The Bertz CT molecular complexity index is 1090. The zero-order valence-corrected chi connectivity index (χ0v) is 20.7. The second-order valence-corrected chi connectivity index (χ2v) is 9.26. The molecule has 0 saturated carbocycles. The number of hydroxylamine groups is 1. The molecule has 0 spiro atoms. The van der Waals surface area contributed by atoms with E-state index in [1.54, 1.807) is 6.07 Å². The predicted molar refractivity (Wildman–Crippen MR) is 136 cm³/mol. The van der Waals surface area contributed by atoms with Gasteiger partial charge in [0.1, 0.15) is 11.0 Å². The molecule has 1 amide bonds. The van der Waals surface area contributed by atoms with Crippen molar-refractivity contribution in [2.75, 3.05) is 37.7 Å². The van der Waals surface area contributed by atoms with E-state index in [9.17, 15) is 4.79 Å². The normalized spacial score (nSPS) is 14.2. The highest BCUT2D eigenvalue weighted by atomic mass is 35.5. The summed E-state index contributed by atoms with van der Waals surface area (Å²) in [6.07, 6.45) is 0. The van der Waals surface area contributed by atoms with Crippen LogP contribution in [-0.4, -0.2) is 53.6 Å². The van der Waals surface area contributed by atoms with Gasteiger partial charge < -0.3 is 4.90 Å². The van der Waals surface area contributed by atoms with Crippen LogP contribution in [0.4, 0.5) is 5.82 Å². The second-order valence-electron chi connectivity index (χ2n) is 7.93. The summed E-state index contributed by atoms with van der Waals surface area (Å²) in [4.78, 5) is 31.0. The van der Waals surface area contributed by atoms with Gasteiger partial charge in [-0.15, -0.1) is 0 Å². The number of carbonyl (C=O) groups excluding carboxylic acids is 1. The fourth-order valence-corrected chi connectivity index (χ4v) is 4.76. The third-order valence-corrected chi connectivity index (χ3v) is 6.58. The van der Waals surface area contributed by atoms with Crippen molar-refractivity contribution in [2.24, 2.45) is 0 Å². The first-order valence-corrected chi connectivity index (χ1v) is 12.7. The number of nitrogens with zero attached hydrogens (tertiary/aromatic N) is 4. The number of aromatic nitrogens is 2. The first-order chi connectivity index (χ1) is 16.6. The van der Waals surface area contributed by atoms with Crippen LogP contribution in [-0.2, 0) is 17.1 Å². The fraction of sp³-hybridized carbons (Fsp3) is 0.320. The summed E-state index contributed by atoms with van der Waals surface area (Å²) in [5, 5.41) is 1.06. The van der Waals surface area contributed by atoms with Gasteiger partial charge in [0.25, 0.3) is 5.91 Å². The van der Waals surface area contributed by atoms with Crippen molar-refractivity contribution >= 4 is 35.1 Å². The molecule has 2 aromatic carbocycles. The van der Waals surface area contributed by atoms with Crippen LogP contribution in [0.2, 0.25) is 5.15 Å². The Balaban J connectivity index is 1.34. The maximum absolute atomic E-state index is 12.1. The lowest BCUT2D eigenvalue weighted by atomic mass is 10.1. The minimum absolute atomic E-state index is 0.263. The molecule has 3 aromatic rings. The number of anilines is 1. The molecule has 7 nitrogen and oxygen atoms in total. The van der Waals surface area contributed by atoms with Gasteiger partial charge in [-0.1, -0.05) is 65.8 Å². The number of hydrogen-bond donors (Lipinski definition) is 1. The number of benzene rings is 2. The van der Waals surface area contributed by atoms with E-state index in [1.165, 1.54) is 17.3 Å². The minimum Gasteiger partial charge on any atom is -0.354 e. The van der Waals surface area contributed by atoms with E-state index < -0.39 is 0 Å². The van der Waals surface area contributed by atoms with E-state index in [-0.39, 0.29) is 5.91 Å². The number of amides is 1. The van der Waals surface area contributed by atoms with E-state index in [2.05, 4.69) is 44.5 Å². The molecular weight excluding hydrogens is 470 g/mol. The maximum atomic E-state index is 12.1. The molecule has 1 N–H and O–H groups in total. The van der Waals surface area contributed by atoms with Crippen LogP contribution >= 0.6 is 23.4 Å². The Morgan fingerprint density at radius 1 is 1.03 bits per heavy atom. The Morgan fingerprint density at radius 3 is 2.56 bits per heavy atom. The summed E-state index contributed by atoms with van der Waals surface area (Å²) in [6, 6.07) is 19.8. The predicted octanol–water partition coefficient (Wildman–Crippen LogP) is 4.43. The number of rotatable bonds is 9. The van der Waals surface area contributed by atoms with Crippen LogP contribution in [0.1, 0.15) is 28.4 Å². The van der Waals surface area contributed by atoms with E-state index >= 15 is 0 Å². The summed E-state index contributed by atoms with van der Waals surface area (Å²) in [7, 11) is 0. The summed E-state index contributed by atoms with van der Waals surface area (Å²) in [5.41, 5.74) is 5.30. The van der Waals surface area contributed by atoms with Crippen molar-refractivity contribution in [3.8, 4) is 0 Å². The number of halogens is 1. The number of piperazine rings is 1. The van der Waals surface area contributed by atoms with Crippen molar-refractivity contribution in [1.82, 2.24) is 20.3 Å². The van der Waals surface area contributed by atoms with Gasteiger partial charge in [-0.25, -0.2) is 15.4 Å². The summed E-state index contributed by atoms with van der Waals surface area (Å²) >= 11 is 7.83. The highest BCUT2D eigenvalue weighted by Crippen LogP contribution is 2.26. The Labute approximate surface area is 209 Å². The number of nitrogens with one attached hydrogen (secondary N) is 1. The van der Waals surface area contributed by atoms with Gasteiger partial charge >= 0.3 is 0 Å². The van der Waals surface area contributed by atoms with E-state index in [4.69, 9.17) is 21.4 Å². The summed E-state index contributed by atoms with van der Waals surface area (Å²) in [6.45, 7) is 6.91. The first kappa shape index (κ1) is 24.5. The molecule has 0 bridgehead atoms. The zero-order chi connectivity index (χ0) is 23.8. The van der Waals surface area contributed by atoms with Crippen LogP contribution in [0, 0.1) is 0 Å². The van der Waals surface area contributed by atoms with E-state index in [0.717, 1.165) is 44.1 Å². The Morgan fingerprint density at radius 2 is 1.79 bits per heavy atom. The monoisotopic (exact) mass is 497 g/mol. The largest absolute Gasteiger partial charge is 0.354 e. The zero-order valence-electron chi connectivity index (χ0n) is 19.1. The molecule has 1 aliphatic rings. The van der Waals surface area contributed by atoms with Crippen molar-refractivity contribution in [3.05, 3.63) is 82.5 Å². The smallest absolute Gasteiger partial charge is 0.274 e. The summed E-state index contributed by atoms with van der Waals surface area (Å²) in [5.74, 6) is 1.22. The van der Waals surface area contributed by atoms with Crippen molar-refractivity contribution in [1.29, 1.82) is 0 Å². The number of thioether (sulfide) groups is 1. The highest BCUT2D eigenvalue weighted by molar-refractivity contribution is 7.98. The van der Waals surface area contributed by atoms with Crippen LogP contribution in [0.5, 0.6) is 0 Å². The van der Waals surface area contributed by atoms with Gasteiger partial charge in [0.2, 0.25) is 0 Å². The molecule has 0 radical (unpaired) electrons. The third-order valence-electron chi connectivity index (χ3n) is 5.47. The first-order valence-electron chi connectivity index (χ1n) is 11.3. The second kappa shape index (κ2) is 12.2. The summed E-state index contributed by atoms with van der Waals surface area (Å²) < 4.78 is 0. The van der Waals surface area contributed by atoms with Crippen LogP contribution in [0.25, 0.3) is 0 Å². The fourth-order valence-electron chi connectivity index (χ4n) is 3.74. The van der Waals surface area contributed by atoms with Crippen LogP contribution in [0.3, 0.4) is 0 Å². The van der Waals surface area contributed by atoms with Crippen molar-refractivity contribution in [3.63, 3.8) is 0 Å². The van der Waals surface area contributed by atoms with Crippen molar-refractivity contribution < 1.29 is 9.63 Å². The molecule has 1 aromatic heterocycles. The molecule has 1 aliphatic heterocycles. The Kier molecular flexibility index (Phi) is 8.76. The average molecular weight is 498 g/mol. The molecular formula is C25H28ClN5O2S. The lowest BCUT2D eigenvalue weighted by Gasteiger charge is -2.35. The Hall–Kier alpha value is -2.65. The third kappa shape index (κ3) is 6.93. The van der Waals surface area contributed by atoms with Crippen LogP contribution < -0.4 is 10.4 Å². The topological polar surface area (TPSA) is 70.6 Å². The SMILES string of the molecule is CCONC(=O)c1cccc(CSc2nc(Cl)cc(N3CCN(Cc4ccccc4)CC3)n2)c1. The van der Waals surface area contributed by atoms with Gasteiger partial charge in [-0.3, -0.25) is 14.5 Å². The lowest BCUT2D eigenvalue weighted by molar-refractivity contribution is 0.0364. The molecule has 4 rings (SSSR count). The standard InChI is InChI=1S/C25H28ClN5O2S/c1-2-33-29-24(32)21-10-6-9-20(15-21)18-34-25-27-22(26)16-23(28-25)31-13-11-30(12-14-31)17-19-7-4-3-5-8-19/h3-10,15-16H,2,11-14,17-18H2,1H3,(H,29,32). The minimum atomic E-state index is -0.263. The highest BCUT2D eigenvalue weighted by Gasteiger charge is 2.19. The molecule has 9 heteroatoms. The lowest BCUT2D eigenvalue weighted by Crippen LogP contribution is -2.46. The maximum Gasteiger partial charge on any atom is 0.274 e. The number of hydrogen-bond acceptors (Lipinski definition) is 7. The molecule has 34 heavy (non-hydrogen) atoms. The van der Waals surface area contributed by atoms with Gasteiger partial charge in [0.05, 0.1) is 6.61 Å². The van der Waals surface area contributed by atoms with Gasteiger partial charge in [-0.2, -0.15) is 0 Å². The molecule has 0 atom stereocenters. The van der Waals surface area contributed by atoms with Gasteiger partial charge in [0.15, 0.2) is 5.16 Å². The molecule has 0 unspecified atom stereocenters. The van der Waals surface area contributed by atoms with Crippen LogP contribution in [0.15, 0.2) is 65.8 Å². The average Bonchev–Trinajstić information content (AvgIpc) is 2.87. The van der Waals surface area contributed by atoms with E-state index in [1.807, 2.05) is 37.3 Å². The molecule has 2 heterocycles. The van der Waals surface area contributed by atoms with Gasteiger partial charge in [0, 0.05) is 50.1 Å². The van der Waals surface area contributed by atoms with Crippen molar-refractivity contribution in [2.45, 2.75) is 24.4 Å². The van der Waals surface area contributed by atoms with Gasteiger partial charge in [-0.05, 0) is 30.2 Å². The van der Waals surface area contributed by atoms with E-state index in [0.29, 0.717) is 28.2 Å². The quantitative estimate of drug-likeness (QED) is 0.203. The molecule has 1 fully saturated rings.